The molecule has 2 aliphatic rings. The Bertz CT molecular complexity index is 4140. The highest BCUT2D eigenvalue weighted by molar-refractivity contribution is 7.00. The molecule has 10 aromatic carbocycles. The van der Waals surface area contributed by atoms with E-state index in [-0.39, 0.29) is 17.5 Å². The molecule has 0 atom stereocenters. The van der Waals surface area contributed by atoms with Crippen LogP contribution >= 0.6 is 0 Å². The number of rotatable bonds is 6. The molecule has 0 saturated carbocycles. The van der Waals surface area contributed by atoms with Crippen molar-refractivity contribution >= 4 is 118 Å². The van der Waals surface area contributed by atoms with E-state index >= 15 is 0 Å². The van der Waals surface area contributed by atoms with Gasteiger partial charge >= 0.3 is 0 Å². The van der Waals surface area contributed by atoms with Crippen LogP contribution in [-0.2, 0) is 10.8 Å². The molecule has 2 aromatic heterocycles. The minimum absolute atomic E-state index is 0.0778. The molecule has 2 aliphatic heterocycles. The molecule has 0 amide bonds. The van der Waals surface area contributed by atoms with Gasteiger partial charge < -0.3 is 23.5 Å². The zero-order valence-corrected chi connectivity index (χ0v) is 42.5. The van der Waals surface area contributed by atoms with Gasteiger partial charge in [-0.05, 0) is 147 Å². The first kappa shape index (κ1) is 44.0. The van der Waals surface area contributed by atoms with E-state index in [9.17, 15) is 0 Å². The molecular formula is C68H54BN3O2. The van der Waals surface area contributed by atoms with Crippen molar-refractivity contribution in [3.05, 3.63) is 230 Å². The van der Waals surface area contributed by atoms with E-state index in [0.29, 0.717) is 0 Å². The Balaban J connectivity index is 1.05. The fourth-order valence-corrected chi connectivity index (χ4v) is 11.8. The summed E-state index contributed by atoms with van der Waals surface area (Å²) in [6, 6.07) is 79.9. The molecule has 6 heteroatoms. The van der Waals surface area contributed by atoms with Crippen LogP contribution in [0.25, 0.3) is 55.0 Å². The zero-order valence-electron chi connectivity index (χ0n) is 42.5. The van der Waals surface area contributed by atoms with Crippen molar-refractivity contribution in [3.8, 4) is 11.1 Å². The molecule has 356 valence electrons. The van der Waals surface area contributed by atoms with E-state index < -0.39 is 0 Å². The molecule has 0 spiro atoms. The topological polar surface area (TPSA) is 36.0 Å². The summed E-state index contributed by atoms with van der Waals surface area (Å²) in [6.07, 6.45) is 0. The maximum Gasteiger partial charge on any atom is 0.252 e. The van der Waals surface area contributed by atoms with Gasteiger partial charge in [0.25, 0.3) is 6.71 Å². The smallest absolute Gasteiger partial charge is 0.252 e. The second-order valence-corrected chi connectivity index (χ2v) is 22.2. The number of para-hydroxylation sites is 4. The van der Waals surface area contributed by atoms with E-state index in [0.717, 1.165) is 89.1 Å². The van der Waals surface area contributed by atoms with Crippen LogP contribution in [0.4, 0.5) is 51.2 Å². The van der Waals surface area contributed by atoms with Crippen molar-refractivity contribution in [3.63, 3.8) is 0 Å². The summed E-state index contributed by atoms with van der Waals surface area (Å²) in [5.74, 6) is 0. The third-order valence-corrected chi connectivity index (χ3v) is 15.5. The predicted octanol–water partition coefficient (Wildman–Crippen LogP) is 17.3. The zero-order chi connectivity index (χ0) is 50.0. The van der Waals surface area contributed by atoms with Crippen molar-refractivity contribution in [2.24, 2.45) is 0 Å². The Morgan fingerprint density at radius 2 is 0.959 bits per heavy atom. The highest BCUT2D eigenvalue weighted by Crippen LogP contribution is 2.49. The monoisotopic (exact) mass is 955 g/mol. The molecule has 12 aromatic rings. The molecule has 0 N–H and O–H groups in total. The van der Waals surface area contributed by atoms with Gasteiger partial charge in [-0.2, -0.15) is 0 Å². The number of furan rings is 2. The molecule has 0 unspecified atom stereocenters. The van der Waals surface area contributed by atoms with Gasteiger partial charge in [-0.3, -0.25) is 0 Å². The fourth-order valence-electron chi connectivity index (χ4n) is 11.8. The van der Waals surface area contributed by atoms with Gasteiger partial charge in [0.15, 0.2) is 0 Å². The molecule has 0 fully saturated rings. The van der Waals surface area contributed by atoms with Gasteiger partial charge in [-0.1, -0.05) is 157 Å². The first-order chi connectivity index (χ1) is 36.0. The van der Waals surface area contributed by atoms with Crippen LogP contribution in [0, 0.1) is 0 Å². The van der Waals surface area contributed by atoms with E-state index in [1.165, 1.54) is 44.6 Å². The molecule has 0 radical (unpaired) electrons. The lowest BCUT2D eigenvalue weighted by atomic mass is 9.33. The van der Waals surface area contributed by atoms with Gasteiger partial charge in [-0.25, -0.2) is 0 Å². The molecular weight excluding hydrogens is 902 g/mol. The van der Waals surface area contributed by atoms with Gasteiger partial charge in [-0.15, -0.1) is 0 Å². The molecule has 74 heavy (non-hydrogen) atoms. The minimum atomic E-state index is -0.188. The van der Waals surface area contributed by atoms with Crippen LogP contribution < -0.4 is 31.1 Å². The SMILES string of the molecule is CC(C)(C)c1ccc2c(c1)B1c3ccc(N(c4ccccc4)c4ccccc4)cc3N(c3ccc(-c4cccc5oc6ccccc6c45)cc3)c3cc(C(C)(C)C)cc(c31)N2c1ccc2c(c1)oc1ccccc12. The Kier molecular flexibility index (Phi) is 9.75. The lowest BCUT2D eigenvalue weighted by Crippen LogP contribution is -2.61. The lowest BCUT2D eigenvalue weighted by Gasteiger charge is -2.45. The van der Waals surface area contributed by atoms with E-state index in [2.05, 4.69) is 262 Å². The minimum Gasteiger partial charge on any atom is -0.456 e. The number of nitrogens with zero attached hydrogens (tertiary/aromatic N) is 3. The maximum absolute atomic E-state index is 6.63. The third kappa shape index (κ3) is 6.92. The Morgan fingerprint density at radius 3 is 1.65 bits per heavy atom. The van der Waals surface area contributed by atoms with Gasteiger partial charge in [0.05, 0.1) is 0 Å². The highest BCUT2D eigenvalue weighted by Gasteiger charge is 2.45. The summed E-state index contributed by atoms with van der Waals surface area (Å²) in [5.41, 5.74) is 22.0. The number of anilines is 9. The second kappa shape index (κ2) is 16.4. The summed E-state index contributed by atoms with van der Waals surface area (Å²) >= 11 is 0. The first-order valence-electron chi connectivity index (χ1n) is 25.9. The van der Waals surface area contributed by atoms with Crippen LogP contribution in [0.15, 0.2) is 227 Å². The Hall–Kier alpha value is -8.74. The van der Waals surface area contributed by atoms with Crippen LogP contribution in [-0.4, -0.2) is 6.71 Å². The lowest BCUT2D eigenvalue weighted by molar-refractivity contribution is 0.590. The van der Waals surface area contributed by atoms with Crippen molar-refractivity contribution in [1.82, 2.24) is 0 Å². The quantitative estimate of drug-likeness (QED) is 0.155. The van der Waals surface area contributed by atoms with E-state index in [1.807, 2.05) is 12.1 Å². The van der Waals surface area contributed by atoms with Gasteiger partial charge in [0.2, 0.25) is 0 Å². The Morgan fingerprint density at radius 1 is 0.378 bits per heavy atom. The van der Waals surface area contributed by atoms with Crippen molar-refractivity contribution < 1.29 is 8.83 Å². The highest BCUT2D eigenvalue weighted by atomic mass is 16.3. The van der Waals surface area contributed by atoms with E-state index in [1.54, 1.807) is 0 Å². The fraction of sp³-hybridized carbons (Fsp3) is 0.118. The summed E-state index contributed by atoms with van der Waals surface area (Å²) in [7, 11) is 0. The molecule has 0 saturated heterocycles. The average Bonchev–Trinajstić information content (AvgIpc) is 4.05. The molecule has 4 heterocycles. The van der Waals surface area contributed by atoms with Crippen molar-refractivity contribution in [2.45, 2.75) is 52.4 Å². The average molecular weight is 956 g/mol. The van der Waals surface area contributed by atoms with Crippen LogP contribution in [0.2, 0.25) is 0 Å². The van der Waals surface area contributed by atoms with Crippen LogP contribution in [0.5, 0.6) is 0 Å². The first-order valence-corrected chi connectivity index (χ1v) is 25.9. The number of hydrogen-bond donors (Lipinski definition) is 0. The van der Waals surface area contributed by atoms with Gasteiger partial charge in [0, 0.05) is 78.8 Å². The largest absolute Gasteiger partial charge is 0.456 e. The molecule has 14 rings (SSSR count). The summed E-state index contributed by atoms with van der Waals surface area (Å²) in [6.45, 7) is 13.9. The second-order valence-electron chi connectivity index (χ2n) is 22.2. The van der Waals surface area contributed by atoms with E-state index in [4.69, 9.17) is 8.83 Å². The Labute approximate surface area is 432 Å². The van der Waals surface area contributed by atoms with Crippen molar-refractivity contribution in [2.75, 3.05) is 14.7 Å². The molecule has 0 aliphatic carbocycles. The summed E-state index contributed by atoms with van der Waals surface area (Å²) in [4.78, 5) is 7.45. The van der Waals surface area contributed by atoms with Gasteiger partial charge in [0.1, 0.15) is 22.3 Å². The maximum atomic E-state index is 6.63. The molecule has 5 nitrogen and oxygen atoms in total. The summed E-state index contributed by atoms with van der Waals surface area (Å²) < 4.78 is 13.0. The molecule has 0 bridgehead atoms. The van der Waals surface area contributed by atoms with Crippen molar-refractivity contribution in [1.29, 1.82) is 0 Å². The number of fused-ring (bicyclic) bond motifs is 10. The summed E-state index contributed by atoms with van der Waals surface area (Å²) in [5, 5.41) is 4.50. The van der Waals surface area contributed by atoms with Crippen LogP contribution in [0.1, 0.15) is 52.7 Å². The van der Waals surface area contributed by atoms with Crippen LogP contribution in [0.3, 0.4) is 0 Å². The third-order valence-electron chi connectivity index (χ3n) is 15.5. The number of hydrogen-bond acceptors (Lipinski definition) is 5. The predicted molar refractivity (Wildman–Crippen MR) is 313 cm³/mol. The normalized spacial score (nSPS) is 13.2. The number of benzene rings is 10. The standard InChI is InChI=1S/C68H54BN3O2/c1-67(2,3)44-30-37-57-56(38-44)69-55-36-34-49(70(46-18-9-7-10-19-46)47-20-11-8-12-21-47)41-58(55)71(48-31-28-43(29-32-48)51-24-17-27-63-65(51)54-23-14-16-26-62(54)73-63)59-39-45(68(4,5)6)40-60(66(59)69)72(57)50-33-35-53-52-22-13-15-25-61(52)74-64(53)42-50/h7-42H,1-6H3.